The fraction of sp³-hybridized carbons (Fsp3) is 0.111. The number of hydrogen-bond acceptors (Lipinski definition) is 2. The maximum Gasteiger partial charge on any atom is 0.356 e. The van der Waals surface area contributed by atoms with Gasteiger partial charge in [0.25, 0.3) is 0 Å². The summed E-state index contributed by atoms with van der Waals surface area (Å²) < 4.78 is 1.70. The molecule has 1 aliphatic rings. The van der Waals surface area contributed by atoms with Gasteiger partial charge in [-0.25, -0.2) is 9.78 Å². The molecular formula is C9H8N2O2. The number of carboxylic acid groups (broad SMARTS) is 1. The van der Waals surface area contributed by atoms with Crippen LogP contribution in [0.5, 0.6) is 0 Å². The second-order valence-electron chi connectivity index (χ2n) is 2.72. The van der Waals surface area contributed by atoms with Crippen molar-refractivity contribution < 1.29 is 9.90 Å². The van der Waals surface area contributed by atoms with Gasteiger partial charge in [-0.15, -0.1) is 0 Å². The van der Waals surface area contributed by atoms with Gasteiger partial charge < -0.3 is 9.67 Å². The molecule has 0 fully saturated rings. The average molecular weight is 176 g/mol. The van der Waals surface area contributed by atoms with E-state index in [1.54, 1.807) is 4.57 Å². The first-order valence-electron chi connectivity index (χ1n) is 3.93. The fourth-order valence-electron chi connectivity index (χ4n) is 1.18. The summed E-state index contributed by atoms with van der Waals surface area (Å²) in [5.41, 5.74) is 0.0752. The number of nitrogens with zero attached hydrogens (tertiary/aromatic N) is 2. The van der Waals surface area contributed by atoms with Gasteiger partial charge in [0.15, 0.2) is 5.69 Å². The van der Waals surface area contributed by atoms with Gasteiger partial charge >= 0.3 is 5.97 Å². The molecule has 0 radical (unpaired) electrons. The Balaban J connectivity index is 2.50. The Morgan fingerprint density at radius 3 is 3.15 bits per heavy atom. The smallest absolute Gasteiger partial charge is 0.356 e. The second kappa shape index (κ2) is 2.90. The van der Waals surface area contributed by atoms with Crippen LogP contribution in [-0.2, 0) is 0 Å². The van der Waals surface area contributed by atoms with Crippen LogP contribution in [0.1, 0.15) is 22.7 Å². The Bertz CT molecular complexity index is 372. The Morgan fingerprint density at radius 1 is 1.54 bits per heavy atom. The molecule has 4 heteroatoms. The highest BCUT2D eigenvalue weighted by molar-refractivity contribution is 5.85. The minimum absolute atomic E-state index is 0.0752. The number of carbonyl (C=O) groups is 1. The molecule has 0 unspecified atom stereocenters. The minimum atomic E-state index is -0.998. The summed E-state index contributed by atoms with van der Waals surface area (Å²) >= 11 is 0. The largest absolute Gasteiger partial charge is 0.476 e. The lowest BCUT2D eigenvalue weighted by atomic mass is 10.4. The molecule has 0 bridgehead atoms. The molecule has 1 aromatic rings. The summed E-state index contributed by atoms with van der Waals surface area (Å²) in [5.74, 6) is -0.339. The average Bonchev–Trinajstić information content (AvgIpc) is 2.38. The maximum atomic E-state index is 10.6. The molecule has 0 amide bonds. The molecule has 66 valence electrons. The lowest BCUT2D eigenvalue weighted by Gasteiger charge is -1.91. The van der Waals surface area contributed by atoms with Crippen LogP contribution in [-0.4, -0.2) is 20.6 Å². The molecule has 2 heterocycles. The van der Waals surface area contributed by atoms with E-state index in [0.29, 0.717) is 5.82 Å². The molecular weight excluding hydrogens is 168 g/mol. The molecule has 1 aliphatic heterocycles. The molecule has 2 rings (SSSR count). The molecule has 0 aliphatic carbocycles. The lowest BCUT2D eigenvalue weighted by Crippen LogP contribution is -1.95. The van der Waals surface area contributed by atoms with E-state index in [4.69, 9.17) is 5.11 Å². The standard InChI is InChI=1S/C9H8N2O2/c12-9(13)7-6-11-5-3-1-2-4-8(11)10-7/h2-6H,1H2,(H,12,13). The van der Waals surface area contributed by atoms with E-state index < -0.39 is 5.97 Å². The van der Waals surface area contributed by atoms with Crippen LogP contribution >= 0.6 is 0 Å². The number of hydrogen-bond donors (Lipinski definition) is 1. The topological polar surface area (TPSA) is 55.1 Å². The van der Waals surface area contributed by atoms with Gasteiger partial charge in [-0.1, -0.05) is 12.2 Å². The fourth-order valence-corrected chi connectivity index (χ4v) is 1.18. The molecule has 0 aromatic carbocycles. The zero-order valence-corrected chi connectivity index (χ0v) is 6.84. The first kappa shape index (κ1) is 7.79. The van der Waals surface area contributed by atoms with Gasteiger partial charge in [0, 0.05) is 12.4 Å². The van der Waals surface area contributed by atoms with Gasteiger partial charge in [-0.3, -0.25) is 0 Å². The van der Waals surface area contributed by atoms with Gasteiger partial charge in [-0.05, 0) is 12.5 Å². The number of imidazole rings is 1. The van der Waals surface area contributed by atoms with Crippen molar-refractivity contribution in [3.63, 3.8) is 0 Å². The molecule has 0 saturated carbocycles. The molecule has 1 aromatic heterocycles. The lowest BCUT2D eigenvalue weighted by molar-refractivity contribution is 0.0691. The van der Waals surface area contributed by atoms with E-state index in [9.17, 15) is 4.79 Å². The third-order valence-corrected chi connectivity index (χ3v) is 1.79. The Kier molecular flexibility index (Phi) is 1.73. The quantitative estimate of drug-likeness (QED) is 0.704. The van der Waals surface area contributed by atoms with Gasteiger partial charge in [0.1, 0.15) is 5.82 Å². The molecule has 4 nitrogen and oxygen atoms in total. The van der Waals surface area contributed by atoms with Crippen LogP contribution in [0.2, 0.25) is 0 Å². The zero-order chi connectivity index (χ0) is 9.26. The molecule has 0 saturated heterocycles. The monoisotopic (exact) mass is 176 g/mol. The number of allylic oxidation sites excluding steroid dienone is 2. The summed E-state index contributed by atoms with van der Waals surface area (Å²) in [6.07, 6.45) is 9.87. The van der Waals surface area contributed by atoms with Crippen molar-refractivity contribution in [1.29, 1.82) is 0 Å². The Labute approximate surface area is 74.8 Å². The molecule has 0 atom stereocenters. The van der Waals surface area contributed by atoms with E-state index in [0.717, 1.165) is 6.42 Å². The summed E-state index contributed by atoms with van der Waals surface area (Å²) in [7, 11) is 0. The SMILES string of the molecule is O=C(O)c1cn2c(n1)C=CCC=C2. The van der Waals surface area contributed by atoms with Crippen molar-refractivity contribution in [3.8, 4) is 0 Å². The van der Waals surface area contributed by atoms with Crippen LogP contribution in [0.4, 0.5) is 0 Å². The summed E-state index contributed by atoms with van der Waals surface area (Å²) in [6.45, 7) is 0. The number of rotatable bonds is 1. The summed E-state index contributed by atoms with van der Waals surface area (Å²) in [4.78, 5) is 14.5. The Hall–Kier alpha value is -1.84. The van der Waals surface area contributed by atoms with Crippen molar-refractivity contribution >= 4 is 18.2 Å². The Morgan fingerprint density at radius 2 is 2.38 bits per heavy atom. The number of carboxylic acids is 1. The van der Waals surface area contributed by atoms with Crippen molar-refractivity contribution in [3.05, 3.63) is 29.9 Å². The third kappa shape index (κ3) is 1.38. The van der Waals surface area contributed by atoms with E-state index in [1.165, 1.54) is 6.20 Å². The normalized spacial score (nSPS) is 13.8. The first-order chi connectivity index (χ1) is 6.27. The number of aromatic carboxylic acids is 1. The number of fused-ring (bicyclic) bond motifs is 1. The van der Waals surface area contributed by atoms with E-state index >= 15 is 0 Å². The van der Waals surface area contributed by atoms with Gasteiger partial charge in [0.2, 0.25) is 0 Å². The van der Waals surface area contributed by atoms with Crippen LogP contribution in [0, 0.1) is 0 Å². The second-order valence-corrected chi connectivity index (χ2v) is 2.72. The summed E-state index contributed by atoms with van der Waals surface area (Å²) in [6, 6.07) is 0. The minimum Gasteiger partial charge on any atom is -0.476 e. The van der Waals surface area contributed by atoms with E-state index in [1.807, 2.05) is 24.4 Å². The maximum absolute atomic E-state index is 10.6. The van der Waals surface area contributed by atoms with Crippen LogP contribution in [0.3, 0.4) is 0 Å². The highest BCUT2D eigenvalue weighted by atomic mass is 16.4. The molecule has 1 N–H and O–H groups in total. The van der Waals surface area contributed by atoms with Crippen molar-refractivity contribution in [1.82, 2.24) is 9.55 Å². The van der Waals surface area contributed by atoms with E-state index in [-0.39, 0.29) is 5.69 Å². The third-order valence-electron chi connectivity index (χ3n) is 1.79. The van der Waals surface area contributed by atoms with Crippen molar-refractivity contribution in [2.45, 2.75) is 6.42 Å². The van der Waals surface area contributed by atoms with Crippen molar-refractivity contribution in [2.24, 2.45) is 0 Å². The predicted octanol–water partition coefficient (Wildman–Crippen LogP) is 1.47. The van der Waals surface area contributed by atoms with Crippen LogP contribution in [0.25, 0.3) is 12.3 Å². The van der Waals surface area contributed by atoms with E-state index in [2.05, 4.69) is 4.98 Å². The molecule has 13 heavy (non-hydrogen) atoms. The highest BCUT2D eigenvalue weighted by Crippen LogP contribution is 2.10. The first-order valence-corrected chi connectivity index (χ1v) is 3.93. The highest BCUT2D eigenvalue weighted by Gasteiger charge is 2.10. The predicted molar refractivity (Wildman–Crippen MR) is 48.2 cm³/mol. The van der Waals surface area contributed by atoms with Crippen molar-refractivity contribution in [2.75, 3.05) is 0 Å². The van der Waals surface area contributed by atoms with Crippen LogP contribution < -0.4 is 0 Å². The molecule has 0 spiro atoms. The van der Waals surface area contributed by atoms with Crippen LogP contribution in [0.15, 0.2) is 18.3 Å². The zero-order valence-electron chi connectivity index (χ0n) is 6.84. The van der Waals surface area contributed by atoms with Gasteiger partial charge in [-0.2, -0.15) is 0 Å². The summed E-state index contributed by atoms with van der Waals surface area (Å²) in [5, 5.41) is 8.68. The number of aromatic nitrogens is 2. The van der Waals surface area contributed by atoms with Gasteiger partial charge in [0.05, 0.1) is 0 Å².